The van der Waals surface area contributed by atoms with Crippen LogP contribution in [-0.2, 0) is 4.79 Å². The number of hydrogen-bond donors (Lipinski definition) is 2. The normalized spacial score (nSPS) is 16.5. The minimum Gasteiger partial charge on any atom is -0.333 e. The van der Waals surface area contributed by atoms with Crippen molar-refractivity contribution in [2.45, 2.75) is 26.3 Å². The van der Waals surface area contributed by atoms with Crippen molar-refractivity contribution in [3.63, 3.8) is 0 Å². The molecule has 1 heterocycles. The number of nitrogens with zero attached hydrogens (tertiary/aromatic N) is 1. The van der Waals surface area contributed by atoms with Gasteiger partial charge in [0.05, 0.1) is 6.04 Å². The van der Waals surface area contributed by atoms with Crippen molar-refractivity contribution in [3.05, 3.63) is 59.7 Å². The van der Waals surface area contributed by atoms with Gasteiger partial charge in [0.25, 0.3) is 0 Å². The number of Topliss-reactive ketones (excluding diaryl/α,β-unsaturated/α-hetero) is 1. The summed E-state index contributed by atoms with van der Waals surface area (Å²) in [4.78, 5) is 37.4. The van der Waals surface area contributed by atoms with Gasteiger partial charge in [0, 0.05) is 29.9 Å². The fourth-order valence-corrected chi connectivity index (χ4v) is 2.92. The third kappa shape index (κ3) is 4.08. The molecule has 3 rings (SSSR count). The number of urea groups is 1. The largest absolute Gasteiger partial charge is 0.333 e. The van der Waals surface area contributed by atoms with Crippen LogP contribution in [0.4, 0.5) is 16.2 Å². The minimum absolute atomic E-state index is 0.00929. The summed E-state index contributed by atoms with van der Waals surface area (Å²) in [6.45, 7) is 3.93. The van der Waals surface area contributed by atoms with Gasteiger partial charge in [-0.25, -0.2) is 4.79 Å². The minimum atomic E-state index is -0.371. The van der Waals surface area contributed by atoms with E-state index in [4.69, 9.17) is 0 Å². The molecule has 0 aliphatic carbocycles. The molecule has 2 aromatic rings. The molecule has 0 unspecified atom stereocenters. The Kier molecular flexibility index (Phi) is 5.02. The summed E-state index contributed by atoms with van der Waals surface area (Å²) in [5, 5.41) is 5.55. The van der Waals surface area contributed by atoms with Gasteiger partial charge in [0.1, 0.15) is 0 Å². The van der Waals surface area contributed by atoms with Gasteiger partial charge in [0.2, 0.25) is 5.91 Å². The molecule has 0 spiro atoms. The van der Waals surface area contributed by atoms with Crippen LogP contribution >= 0.6 is 0 Å². The lowest BCUT2D eigenvalue weighted by molar-refractivity contribution is -0.117. The fourth-order valence-electron chi connectivity index (χ4n) is 2.92. The predicted octanol–water partition coefficient (Wildman–Crippen LogP) is 3.12. The molecule has 0 aromatic heterocycles. The second-order valence-electron chi connectivity index (χ2n) is 6.47. The van der Waals surface area contributed by atoms with Crippen LogP contribution in [0.1, 0.15) is 29.3 Å². The van der Waals surface area contributed by atoms with E-state index in [-0.39, 0.29) is 30.2 Å². The molecular weight excluding hydrogens is 330 g/mol. The molecule has 0 saturated carbocycles. The molecule has 1 fully saturated rings. The van der Waals surface area contributed by atoms with Gasteiger partial charge in [-0.1, -0.05) is 17.7 Å². The Labute approximate surface area is 152 Å². The van der Waals surface area contributed by atoms with Crippen molar-refractivity contribution in [2.75, 3.05) is 16.8 Å². The van der Waals surface area contributed by atoms with Crippen LogP contribution in [0.15, 0.2) is 48.5 Å². The number of carbonyl (C=O) groups is 3. The van der Waals surface area contributed by atoms with E-state index in [9.17, 15) is 14.4 Å². The first-order valence-corrected chi connectivity index (χ1v) is 8.48. The molecule has 134 valence electrons. The van der Waals surface area contributed by atoms with E-state index in [2.05, 4.69) is 10.6 Å². The van der Waals surface area contributed by atoms with E-state index < -0.39 is 0 Å². The summed E-state index contributed by atoms with van der Waals surface area (Å²) < 4.78 is 0. The number of anilines is 2. The zero-order chi connectivity index (χ0) is 18.7. The Balaban J connectivity index is 1.57. The number of benzene rings is 2. The molecule has 0 bridgehead atoms. The highest BCUT2D eigenvalue weighted by molar-refractivity contribution is 5.98. The molecule has 6 heteroatoms. The van der Waals surface area contributed by atoms with Gasteiger partial charge < -0.3 is 15.5 Å². The molecule has 1 saturated heterocycles. The van der Waals surface area contributed by atoms with Gasteiger partial charge in [0.15, 0.2) is 5.78 Å². The van der Waals surface area contributed by atoms with Crippen molar-refractivity contribution in [3.8, 4) is 0 Å². The summed E-state index contributed by atoms with van der Waals surface area (Å²) in [7, 11) is 0. The second-order valence-corrected chi connectivity index (χ2v) is 6.47. The van der Waals surface area contributed by atoms with Crippen LogP contribution < -0.4 is 15.5 Å². The summed E-state index contributed by atoms with van der Waals surface area (Å²) in [6.07, 6.45) is 0.268. The molecule has 1 aliphatic heterocycles. The number of ketones is 1. The van der Waals surface area contributed by atoms with Gasteiger partial charge in [-0.05, 0) is 50.2 Å². The molecule has 1 atom stereocenters. The van der Waals surface area contributed by atoms with Crippen LogP contribution in [0.2, 0.25) is 0 Å². The number of hydrogen-bond acceptors (Lipinski definition) is 3. The quantitative estimate of drug-likeness (QED) is 0.831. The lowest BCUT2D eigenvalue weighted by Crippen LogP contribution is -2.39. The number of amides is 3. The van der Waals surface area contributed by atoms with E-state index in [1.54, 1.807) is 29.2 Å². The lowest BCUT2D eigenvalue weighted by atomic mass is 10.1. The van der Waals surface area contributed by atoms with Crippen LogP contribution in [0.3, 0.4) is 0 Å². The molecule has 2 N–H and O–H groups in total. The van der Waals surface area contributed by atoms with Gasteiger partial charge in [-0.15, -0.1) is 0 Å². The fraction of sp³-hybridized carbons (Fsp3) is 0.250. The van der Waals surface area contributed by atoms with E-state index in [0.717, 1.165) is 11.3 Å². The Hall–Kier alpha value is -3.15. The van der Waals surface area contributed by atoms with Crippen molar-refractivity contribution < 1.29 is 14.4 Å². The van der Waals surface area contributed by atoms with E-state index in [1.807, 2.05) is 31.2 Å². The molecule has 3 amide bonds. The Morgan fingerprint density at radius 3 is 2.31 bits per heavy atom. The predicted molar refractivity (Wildman–Crippen MR) is 101 cm³/mol. The third-order valence-electron chi connectivity index (χ3n) is 4.36. The Morgan fingerprint density at radius 2 is 1.69 bits per heavy atom. The average Bonchev–Trinajstić information content (AvgIpc) is 2.96. The standard InChI is InChI=1S/C20H21N3O3/c1-13-3-9-18(10-4-13)23-12-17(11-19(23)25)22-20(26)21-16-7-5-15(6-8-16)14(2)24/h3-10,17H,11-12H2,1-2H3,(H2,21,22,26)/t17-/m1/s1. The third-order valence-corrected chi connectivity index (χ3v) is 4.36. The number of rotatable bonds is 4. The molecular formula is C20H21N3O3. The zero-order valence-corrected chi connectivity index (χ0v) is 14.8. The molecule has 0 radical (unpaired) electrons. The maximum absolute atomic E-state index is 12.2. The topological polar surface area (TPSA) is 78.5 Å². The van der Waals surface area contributed by atoms with Crippen molar-refractivity contribution in [2.24, 2.45) is 0 Å². The molecule has 26 heavy (non-hydrogen) atoms. The van der Waals surface area contributed by atoms with Crippen molar-refractivity contribution in [1.82, 2.24) is 5.32 Å². The van der Waals surface area contributed by atoms with Gasteiger partial charge in [-0.2, -0.15) is 0 Å². The van der Waals surface area contributed by atoms with Crippen molar-refractivity contribution >= 4 is 29.1 Å². The molecule has 6 nitrogen and oxygen atoms in total. The van der Waals surface area contributed by atoms with Crippen LogP contribution in [0.5, 0.6) is 0 Å². The van der Waals surface area contributed by atoms with Crippen LogP contribution in [0, 0.1) is 6.92 Å². The van der Waals surface area contributed by atoms with E-state index >= 15 is 0 Å². The van der Waals surface area contributed by atoms with Gasteiger partial charge >= 0.3 is 6.03 Å². The lowest BCUT2D eigenvalue weighted by Gasteiger charge is -2.17. The maximum Gasteiger partial charge on any atom is 0.319 e. The number of carbonyl (C=O) groups excluding carboxylic acids is 3. The average molecular weight is 351 g/mol. The summed E-state index contributed by atoms with van der Waals surface area (Å²) in [5.74, 6) is -0.0355. The van der Waals surface area contributed by atoms with E-state index in [1.165, 1.54) is 6.92 Å². The SMILES string of the molecule is CC(=O)c1ccc(NC(=O)N[C@@H]2CC(=O)N(c3ccc(C)cc3)C2)cc1. The zero-order valence-electron chi connectivity index (χ0n) is 14.8. The monoisotopic (exact) mass is 351 g/mol. The van der Waals surface area contributed by atoms with Crippen LogP contribution in [0.25, 0.3) is 0 Å². The smallest absolute Gasteiger partial charge is 0.319 e. The van der Waals surface area contributed by atoms with Crippen molar-refractivity contribution in [1.29, 1.82) is 0 Å². The highest BCUT2D eigenvalue weighted by Gasteiger charge is 2.31. The Morgan fingerprint density at radius 1 is 1.04 bits per heavy atom. The maximum atomic E-state index is 12.2. The molecule has 1 aliphatic rings. The number of aryl methyl sites for hydroxylation is 1. The van der Waals surface area contributed by atoms with E-state index in [0.29, 0.717) is 17.8 Å². The number of nitrogens with one attached hydrogen (secondary N) is 2. The summed E-state index contributed by atoms with van der Waals surface area (Å²) in [6, 6.07) is 13.8. The first-order chi connectivity index (χ1) is 12.4. The first kappa shape index (κ1) is 17.7. The molecule has 2 aromatic carbocycles. The highest BCUT2D eigenvalue weighted by atomic mass is 16.2. The highest BCUT2D eigenvalue weighted by Crippen LogP contribution is 2.22. The summed E-state index contributed by atoms with van der Waals surface area (Å²) in [5.41, 5.74) is 3.15. The second kappa shape index (κ2) is 7.39. The summed E-state index contributed by atoms with van der Waals surface area (Å²) >= 11 is 0. The van der Waals surface area contributed by atoms with Crippen LogP contribution in [-0.4, -0.2) is 30.3 Å². The van der Waals surface area contributed by atoms with Gasteiger partial charge in [-0.3, -0.25) is 9.59 Å². The Bertz CT molecular complexity index is 828. The first-order valence-electron chi connectivity index (χ1n) is 8.48.